The lowest BCUT2D eigenvalue weighted by atomic mass is 10.1. The van der Waals surface area contributed by atoms with Crippen molar-refractivity contribution in [3.63, 3.8) is 0 Å². The van der Waals surface area contributed by atoms with Crippen molar-refractivity contribution in [3.8, 4) is 11.5 Å². The van der Waals surface area contributed by atoms with E-state index in [0.29, 0.717) is 11.5 Å². The van der Waals surface area contributed by atoms with E-state index in [4.69, 9.17) is 9.47 Å². The number of para-hydroxylation sites is 2. The van der Waals surface area contributed by atoms with Crippen LogP contribution in [0.1, 0.15) is 20.8 Å². The number of hydrogen-bond donors (Lipinski definition) is 1. The summed E-state index contributed by atoms with van der Waals surface area (Å²) in [6.07, 6.45) is 0. The second-order valence-electron chi connectivity index (χ2n) is 6.96. The van der Waals surface area contributed by atoms with Gasteiger partial charge in [0.15, 0.2) is 0 Å². The summed E-state index contributed by atoms with van der Waals surface area (Å²) < 4.78 is 38.3. The van der Waals surface area contributed by atoms with Crippen LogP contribution in [0.4, 0.5) is 5.69 Å². The van der Waals surface area contributed by atoms with E-state index in [0.717, 1.165) is 4.31 Å². The third-order valence-corrected chi connectivity index (χ3v) is 6.45. The maximum atomic E-state index is 13.4. The third kappa shape index (κ3) is 5.41. The first-order valence-corrected chi connectivity index (χ1v) is 10.7. The highest BCUT2D eigenvalue weighted by Gasteiger charge is 2.29. The van der Waals surface area contributed by atoms with E-state index in [1.54, 1.807) is 36.4 Å². The predicted molar refractivity (Wildman–Crippen MR) is 113 cm³/mol. The molecule has 0 saturated carbocycles. The fourth-order valence-electron chi connectivity index (χ4n) is 2.61. The Morgan fingerprint density at radius 2 is 1.62 bits per heavy atom. The minimum atomic E-state index is -4.03. The van der Waals surface area contributed by atoms with Gasteiger partial charge < -0.3 is 14.8 Å². The maximum absolute atomic E-state index is 13.4. The Hall–Kier alpha value is -2.74. The second kappa shape index (κ2) is 9.65. The van der Waals surface area contributed by atoms with Crippen molar-refractivity contribution >= 4 is 21.6 Å². The molecule has 0 radical (unpaired) electrons. The largest absolute Gasteiger partial charge is 0.497 e. The quantitative estimate of drug-likeness (QED) is 0.674. The van der Waals surface area contributed by atoms with E-state index in [-0.39, 0.29) is 29.1 Å². The van der Waals surface area contributed by atoms with Crippen LogP contribution in [0.25, 0.3) is 0 Å². The minimum absolute atomic E-state index is 0.0499. The summed E-state index contributed by atoms with van der Waals surface area (Å²) in [7, 11) is -1.06. The van der Waals surface area contributed by atoms with Crippen LogP contribution < -0.4 is 19.1 Å². The zero-order valence-corrected chi connectivity index (χ0v) is 18.2. The molecule has 0 heterocycles. The van der Waals surface area contributed by atoms with Gasteiger partial charge in [0.1, 0.15) is 18.0 Å². The van der Waals surface area contributed by atoms with Crippen LogP contribution in [0.3, 0.4) is 0 Å². The summed E-state index contributed by atoms with van der Waals surface area (Å²) in [6, 6.07) is 12.6. The monoisotopic (exact) mass is 420 g/mol. The van der Waals surface area contributed by atoms with Crippen LogP contribution in [0.5, 0.6) is 11.5 Å². The summed E-state index contributed by atoms with van der Waals surface area (Å²) in [5, 5.41) is 2.85. The van der Waals surface area contributed by atoms with Gasteiger partial charge in [-0.3, -0.25) is 9.10 Å². The van der Waals surface area contributed by atoms with Crippen molar-refractivity contribution < 1.29 is 22.7 Å². The molecule has 158 valence electrons. The first-order valence-electron chi connectivity index (χ1n) is 9.30. The van der Waals surface area contributed by atoms with Crippen LogP contribution >= 0.6 is 0 Å². The molecule has 1 unspecified atom stereocenters. The highest BCUT2D eigenvalue weighted by atomic mass is 32.2. The molecule has 2 aromatic carbocycles. The summed E-state index contributed by atoms with van der Waals surface area (Å²) in [6.45, 7) is 5.48. The standard InChI is InChI=1S/C21H28N2O5S/c1-15(2)16(3)22-21(24)14-23(19-8-6-7-9-20(19)28-5)29(25,26)18-12-10-17(27-4)11-13-18/h6-13,15-16H,14H2,1-5H3,(H,22,24). The number of amides is 1. The van der Waals surface area contributed by atoms with Gasteiger partial charge in [0, 0.05) is 6.04 Å². The molecule has 0 saturated heterocycles. The molecular formula is C21H28N2O5S. The number of hydrogen-bond acceptors (Lipinski definition) is 5. The number of carbonyl (C=O) groups is 1. The van der Waals surface area contributed by atoms with Gasteiger partial charge in [0.05, 0.1) is 24.8 Å². The molecule has 8 heteroatoms. The Morgan fingerprint density at radius 3 is 2.17 bits per heavy atom. The van der Waals surface area contributed by atoms with Crippen molar-refractivity contribution in [3.05, 3.63) is 48.5 Å². The molecule has 1 amide bonds. The van der Waals surface area contributed by atoms with E-state index in [1.165, 1.54) is 26.4 Å². The molecule has 0 fully saturated rings. The molecule has 1 atom stereocenters. The number of sulfonamides is 1. The number of ether oxygens (including phenoxy) is 2. The van der Waals surface area contributed by atoms with Crippen molar-refractivity contribution in [1.82, 2.24) is 5.32 Å². The van der Waals surface area contributed by atoms with Gasteiger partial charge in [-0.1, -0.05) is 26.0 Å². The molecular weight excluding hydrogens is 392 g/mol. The lowest BCUT2D eigenvalue weighted by Crippen LogP contribution is -2.45. The second-order valence-corrected chi connectivity index (χ2v) is 8.82. The summed E-state index contributed by atoms with van der Waals surface area (Å²) in [4.78, 5) is 12.7. The van der Waals surface area contributed by atoms with Crippen LogP contribution in [0.15, 0.2) is 53.4 Å². The van der Waals surface area contributed by atoms with Gasteiger partial charge in [-0.25, -0.2) is 8.42 Å². The van der Waals surface area contributed by atoms with Crippen molar-refractivity contribution in [2.24, 2.45) is 5.92 Å². The molecule has 7 nitrogen and oxygen atoms in total. The average Bonchev–Trinajstić information content (AvgIpc) is 2.71. The van der Waals surface area contributed by atoms with Crippen molar-refractivity contribution in [2.75, 3.05) is 25.1 Å². The summed E-state index contributed by atoms with van der Waals surface area (Å²) in [5.74, 6) is 0.719. The molecule has 29 heavy (non-hydrogen) atoms. The average molecular weight is 421 g/mol. The van der Waals surface area contributed by atoms with E-state index in [2.05, 4.69) is 5.32 Å². The molecule has 0 spiro atoms. The van der Waals surface area contributed by atoms with Crippen LogP contribution in [-0.4, -0.2) is 41.1 Å². The summed E-state index contributed by atoms with van der Waals surface area (Å²) >= 11 is 0. The fraction of sp³-hybridized carbons (Fsp3) is 0.381. The number of rotatable bonds is 9. The van der Waals surface area contributed by atoms with Crippen LogP contribution in [0, 0.1) is 5.92 Å². The van der Waals surface area contributed by atoms with Gasteiger partial charge in [-0.2, -0.15) is 0 Å². The molecule has 2 rings (SSSR count). The fourth-order valence-corrected chi connectivity index (χ4v) is 4.04. The predicted octanol–water partition coefficient (Wildman–Crippen LogP) is 3.06. The Kier molecular flexibility index (Phi) is 7.50. The zero-order valence-electron chi connectivity index (χ0n) is 17.4. The molecule has 0 bridgehead atoms. The van der Waals surface area contributed by atoms with Crippen molar-refractivity contribution in [2.45, 2.75) is 31.7 Å². The Balaban J connectivity index is 2.47. The lowest BCUT2D eigenvalue weighted by molar-refractivity contribution is -0.120. The SMILES string of the molecule is COc1ccc(S(=O)(=O)N(CC(=O)NC(C)C(C)C)c2ccccc2OC)cc1. The van der Waals surface area contributed by atoms with Gasteiger partial charge in [-0.15, -0.1) is 0 Å². The molecule has 0 aliphatic rings. The zero-order chi connectivity index (χ0) is 21.6. The first kappa shape index (κ1) is 22.5. The normalized spacial score (nSPS) is 12.3. The van der Waals surface area contributed by atoms with Crippen molar-refractivity contribution in [1.29, 1.82) is 0 Å². The van der Waals surface area contributed by atoms with Crippen LogP contribution in [0.2, 0.25) is 0 Å². The van der Waals surface area contributed by atoms with Gasteiger partial charge in [0.25, 0.3) is 10.0 Å². The van der Waals surface area contributed by atoms with E-state index in [1.807, 2.05) is 20.8 Å². The number of anilines is 1. The van der Waals surface area contributed by atoms with E-state index in [9.17, 15) is 13.2 Å². The maximum Gasteiger partial charge on any atom is 0.264 e. The molecule has 0 aromatic heterocycles. The molecule has 1 N–H and O–H groups in total. The Labute approximate surface area is 172 Å². The molecule has 0 aliphatic carbocycles. The third-order valence-electron chi connectivity index (χ3n) is 4.68. The molecule has 2 aromatic rings. The van der Waals surface area contributed by atoms with Gasteiger partial charge >= 0.3 is 0 Å². The molecule has 0 aliphatic heterocycles. The number of nitrogens with zero attached hydrogens (tertiary/aromatic N) is 1. The van der Waals surface area contributed by atoms with Gasteiger partial charge in [-0.05, 0) is 49.2 Å². The Morgan fingerprint density at radius 1 is 1.00 bits per heavy atom. The Bertz CT molecular complexity index is 926. The first-order chi connectivity index (χ1) is 13.7. The topological polar surface area (TPSA) is 84.9 Å². The van der Waals surface area contributed by atoms with E-state index >= 15 is 0 Å². The van der Waals surface area contributed by atoms with Crippen LogP contribution in [-0.2, 0) is 14.8 Å². The number of carbonyl (C=O) groups excluding carboxylic acids is 1. The van der Waals surface area contributed by atoms with E-state index < -0.39 is 15.9 Å². The highest BCUT2D eigenvalue weighted by Crippen LogP contribution is 2.32. The minimum Gasteiger partial charge on any atom is -0.497 e. The number of benzene rings is 2. The van der Waals surface area contributed by atoms with Gasteiger partial charge in [0.2, 0.25) is 5.91 Å². The summed E-state index contributed by atoms with van der Waals surface area (Å²) in [5.41, 5.74) is 0.290. The smallest absolute Gasteiger partial charge is 0.264 e. The number of nitrogens with one attached hydrogen (secondary N) is 1. The number of methoxy groups -OCH3 is 2. The highest BCUT2D eigenvalue weighted by molar-refractivity contribution is 7.92. The lowest BCUT2D eigenvalue weighted by Gasteiger charge is -2.27.